The minimum atomic E-state index is -1.01. The molecule has 1 aromatic heterocycles. The highest BCUT2D eigenvalue weighted by Gasteiger charge is 2.29. The highest BCUT2D eigenvalue weighted by Crippen LogP contribution is 2.31. The van der Waals surface area contributed by atoms with E-state index in [1.165, 1.54) is 6.07 Å². The van der Waals surface area contributed by atoms with Crippen molar-refractivity contribution < 1.29 is 27.5 Å². The Morgan fingerprint density at radius 3 is 2.31 bits per heavy atom. The van der Waals surface area contributed by atoms with Gasteiger partial charge in [-0.3, -0.25) is 9.59 Å². The minimum Gasteiger partial charge on any atom is -0.490 e. The number of carbonyl (C=O) groups excluding carboxylic acids is 2. The average Bonchev–Trinajstić information content (AvgIpc) is 3.17. The lowest BCUT2D eigenvalue weighted by Gasteiger charge is -2.23. The van der Waals surface area contributed by atoms with Crippen LogP contribution in [0, 0.1) is 17.6 Å². The number of rotatable bonds is 8. The smallest absolute Gasteiger partial charge is 0.257 e. The van der Waals surface area contributed by atoms with E-state index in [4.69, 9.17) is 9.15 Å². The van der Waals surface area contributed by atoms with Crippen molar-refractivity contribution in [1.29, 1.82) is 0 Å². The second-order valence-electron chi connectivity index (χ2n) is 7.78. The molecule has 2 amide bonds. The van der Waals surface area contributed by atoms with Crippen molar-refractivity contribution >= 4 is 22.8 Å². The number of furan rings is 1. The topological polar surface area (TPSA) is 80.6 Å². The monoisotopic (exact) mass is 444 g/mol. The van der Waals surface area contributed by atoms with Gasteiger partial charge in [0, 0.05) is 5.39 Å². The standard InChI is InChI=1S/C24H26F2N2O4/c1-5-31-18-11-6-8-15-12-19(32-22(15)18)14(4)27-24(30)21(13(2)3)28-23(29)20-16(25)9-7-10-17(20)26/h6-14,21H,5H2,1-4H3,(H,27,30)(H,28,29). The van der Waals surface area contributed by atoms with Crippen molar-refractivity contribution in [3.63, 3.8) is 0 Å². The van der Waals surface area contributed by atoms with Crippen molar-refractivity contribution in [3.05, 3.63) is 65.4 Å². The molecule has 2 atom stereocenters. The summed E-state index contributed by atoms with van der Waals surface area (Å²) < 4.78 is 39.4. The number of para-hydroxylation sites is 1. The number of fused-ring (bicyclic) bond motifs is 1. The number of hydrogen-bond donors (Lipinski definition) is 2. The molecule has 0 radical (unpaired) electrons. The predicted octanol–water partition coefficient (Wildman–Crippen LogP) is 4.74. The number of halogens is 2. The highest BCUT2D eigenvalue weighted by atomic mass is 19.1. The second-order valence-corrected chi connectivity index (χ2v) is 7.78. The van der Waals surface area contributed by atoms with Crippen LogP contribution in [0.15, 0.2) is 46.9 Å². The molecule has 3 rings (SSSR count). The molecule has 0 saturated heterocycles. The maximum atomic E-state index is 13.9. The summed E-state index contributed by atoms with van der Waals surface area (Å²) in [4.78, 5) is 25.4. The van der Waals surface area contributed by atoms with Gasteiger partial charge in [-0.1, -0.05) is 32.0 Å². The summed E-state index contributed by atoms with van der Waals surface area (Å²) in [5.41, 5.74) is -0.145. The van der Waals surface area contributed by atoms with Crippen molar-refractivity contribution in [2.45, 2.75) is 39.8 Å². The zero-order chi connectivity index (χ0) is 23.4. The fraction of sp³-hybridized carbons (Fsp3) is 0.333. The molecule has 0 spiro atoms. The maximum absolute atomic E-state index is 13.9. The van der Waals surface area contributed by atoms with E-state index in [1.807, 2.05) is 19.1 Å². The van der Waals surface area contributed by atoms with Gasteiger partial charge in [0.1, 0.15) is 29.0 Å². The van der Waals surface area contributed by atoms with Crippen LogP contribution in [0.1, 0.15) is 49.9 Å². The molecule has 0 bridgehead atoms. The molecule has 170 valence electrons. The first-order valence-corrected chi connectivity index (χ1v) is 10.4. The van der Waals surface area contributed by atoms with E-state index in [-0.39, 0.29) is 5.92 Å². The molecule has 32 heavy (non-hydrogen) atoms. The molecule has 2 N–H and O–H groups in total. The zero-order valence-electron chi connectivity index (χ0n) is 18.4. The van der Waals surface area contributed by atoms with Gasteiger partial charge in [0.05, 0.1) is 12.6 Å². The summed E-state index contributed by atoms with van der Waals surface area (Å²) in [6.07, 6.45) is 0. The molecule has 8 heteroatoms. The van der Waals surface area contributed by atoms with E-state index >= 15 is 0 Å². The van der Waals surface area contributed by atoms with E-state index in [9.17, 15) is 18.4 Å². The van der Waals surface area contributed by atoms with Crippen LogP contribution in [0.4, 0.5) is 8.78 Å². The second kappa shape index (κ2) is 9.80. The van der Waals surface area contributed by atoms with E-state index in [0.29, 0.717) is 23.7 Å². The number of nitrogens with one attached hydrogen (secondary N) is 2. The van der Waals surface area contributed by atoms with E-state index in [2.05, 4.69) is 10.6 Å². The van der Waals surface area contributed by atoms with Gasteiger partial charge in [0.2, 0.25) is 5.91 Å². The van der Waals surface area contributed by atoms with E-state index in [0.717, 1.165) is 17.5 Å². The molecular weight excluding hydrogens is 418 g/mol. The molecule has 2 unspecified atom stereocenters. The lowest BCUT2D eigenvalue weighted by Crippen LogP contribution is -2.50. The Hall–Kier alpha value is -3.42. The number of amides is 2. The first kappa shape index (κ1) is 23.2. The number of hydrogen-bond acceptors (Lipinski definition) is 4. The Morgan fingerprint density at radius 2 is 1.69 bits per heavy atom. The molecule has 6 nitrogen and oxygen atoms in total. The summed E-state index contributed by atoms with van der Waals surface area (Å²) in [6.45, 7) is 7.55. The third-order valence-electron chi connectivity index (χ3n) is 5.04. The molecular formula is C24H26F2N2O4. The Labute approximate surface area is 184 Å². The maximum Gasteiger partial charge on any atom is 0.257 e. The Bertz CT molecular complexity index is 1110. The van der Waals surface area contributed by atoms with Gasteiger partial charge in [-0.25, -0.2) is 8.78 Å². The van der Waals surface area contributed by atoms with Crippen LogP contribution in [0.2, 0.25) is 0 Å². The number of ether oxygens (including phenoxy) is 1. The fourth-order valence-electron chi connectivity index (χ4n) is 3.38. The zero-order valence-corrected chi connectivity index (χ0v) is 18.4. The minimum absolute atomic E-state index is 0.332. The lowest BCUT2D eigenvalue weighted by molar-refractivity contribution is -0.124. The van der Waals surface area contributed by atoms with Crippen LogP contribution in [0.3, 0.4) is 0 Å². The first-order chi connectivity index (χ1) is 15.2. The summed E-state index contributed by atoms with van der Waals surface area (Å²) >= 11 is 0. The summed E-state index contributed by atoms with van der Waals surface area (Å²) in [7, 11) is 0. The summed E-state index contributed by atoms with van der Waals surface area (Å²) in [5.74, 6) is -2.70. The van der Waals surface area contributed by atoms with Crippen molar-refractivity contribution in [3.8, 4) is 5.75 Å². The van der Waals surface area contributed by atoms with E-state index in [1.54, 1.807) is 32.9 Å². The summed E-state index contributed by atoms with van der Waals surface area (Å²) in [6, 6.07) is 8.95. The summed E-state index contributed by atoms with van der Waals surface area (Å²) in [5, 5.41) is 6.07. The Morgan fingerprint density at radius 1 is 1.03 bits per heavy atom. The van der Waals surface area contributed by atoms with Crippen LogP contribution >= 0.6 is 0 Å². The van der Waals surface area contributed by atoms with Crippen LogP contribution in [-0.4, -0.2) is 24.5 Å². The average molecular weight is 444 g/mol. The largest absolute Gasteiger partial charge is 0.490 e. The van der Waals surface area contributed by atoms with Crippen molar-refractivity contribution in [2.75, 3.05) is 6.61 Å². The van der Waals surface area contributed by atoms with Gasteiger partial charge in [-0.2, -0.15) is 0 Å². The highest BCUT2D eigenvalue weighted by molar-refractivity contribution is 5.98. The van der Waals surface area contributed by atoms with Crippen LogP contribution in [-0.2, 0) is 4.79 Å². The van der Waals surface area contributed by atoms with E-state index < -0.39 is 41.1 Å². The fourth-order valence-corrected chi connectivity index (χ4v) is 3.38. The predicted molar refractivity (Wildman–Crippen MR) is 116 cm³/mol. The quantitative estimate of drug-likeness (QED) is 0.526. The van der Waals surface area contributed by atoms with Crippen molar-refractivity contribution in [2.24, 2.45) is 5.92 Å². The molecule has 0 saturated carbocycles. The molecule has 0 aliphatic heterocycles. The Balaban J connectivity index is 1.77. The molecule has 1 heterocycles. The number of carbonyl (C=O) groups is 2. The van der Waals surface area contributed by atoms with Gasteiger partial charge in [0.25, 0.3) is 5.91 Å². The first-order valence-electron chi connectivity index (χ1n) is 10.4. The van der Waals surface area contributed by atoms with Gasteiger partial charge >= 0.3 is 0 Å². The Kier molecular flexibility index (Phi) is 7.12. The third kappa shape index (κ3) is 4.90. The molecule has 2 aromatic carbocycles. The molecule has 0 aliphatic carbocycles. The third-order valence-corrected chi connectivity index (χ3v) is 5.04. The SMILES string of the molecule is CCOc1cccc2cc(C(C)NC(=O)C(NC(=O)c3c(F)cccc3F)C(C)C)oc12. The van der Waals surface area contributed by atoms with Gasteiger partial charge < -0.3 is 19.8 Å². The van der Waals surface area contributed by atoms with Crippen LogP contribution in [0.25, 0.3) is 11.0 Å². The van der Waals surface area contributed by atoms with Gasteiger partial charge in [-0.05, 0) is 44.0 Å². The lowest BCUT2D eigenvalue weighted by atomic mass is 10.0. The van der Waals surface area contributed by atoms with Gasteiger partial charge in [0.15, 0.2) is 11.3 Å². The van der Waals surface area contributed by atoms with Gasteiger partial charge in [-0.15, -0.1) is 0 Å². The molecule has 3 aromatic rings. The number of benzene rings is 2. The van der Waals surface area contributed by atoms with Crippen LogP contribution in [0.5, 0.6) is 5.75 Å². The normalized spacial score (nSPS) is 13.1. The molecule has 0 fully saturated rings. The van der Waals surface area contributed by atoms with Crippen LogP contribution < -0.4 is 15.4 Å². The molecule has 0 aliphatic rings. The van der Waals surface area contributed by atoms with Crippen molar-refractivity contribution in [1.82, 2.24) is 10.6 Å².